The van der Waals surface area contributed by atoms with Gasteiger partial charge in [-0.3, -0.25) is 14.7 Å². The van der Waals surface area contributed by atoms with Gasteiger partial charge < -0.3 is 16.0 Å². The molecule has 4 N–H and O–H groups in total. The highest BCUT2D eigenvalue weighted by atomic mass is 35.5. The topological polar surface area (TPSA) is 98.9 Å². The largest absolute Gasteiger partial charge is 0.350 e. The first-order valence-electron chi connectivity index (χ1n) is 7.64. The summed E-state index contributed by atoms with van der Waals surface area (Å²) < 4.78 is 0. The first-order valence-corrected chi connectivity index (χ1v) is 7.64. The van der Waals surface area contributed by atoms with Crippen molar-refractivity contribution in [2.24, 2.45) is 0 Å². The molecule has 2 heterocycles. The zero-order valence-electron chi connectivity index (χ0n) is 13.1. The van der Waals surface area contributed by atoms with E-state index in [4.69, 9.17) is 0 Å². The van der Waals surface area contributed by atoms with Crippen molar-refractivity contribution in [2.45, 2.75) is 13.0 Å². The Morgan fingerprint density at radius 1 is 1.08 bits per heavy atom. The van der Waals surface area contributed by atoms with E-state index in [1.165, 1.54) is 0 Å². The molecule has 0 radical (unpaired) electrons. The first-order chi connectivity index (χ1) is 11.3. The molecule has 128 valence electrons. The van der Waals surface area contributed by atoms with Crippen LogP contribution in [0.5, 0.6) is 0 Å². The number of aromatic amines is 1. The molecule has 2 amide bonds. The molecule has 1 aromatic heterocycles. The van der Waals surface area contributed by atoms with E-state index in [1.54, 1.807) is 12.1 Å². The van der Waals surface area contributed by atoms with E-state index in [9.17, 15) is 9.59 Å². The zero-order valence-corrected chi connectivity index (χ0v) is 13.9. The molecule has 0 fully saturated rings. The Balaban J connectivity index is 0.00000208. The number of hydrogen-bond acceptors (Lipinski definition) is 4. The van der Waals surface area contributed by atoms with Crippen molar-refractivity contribution >= 4 is 24.2 Å². The number of halogens is 1. The van der Waals surface area contributed by atoms with E-state index in [2.05, 4.69) is 26.1 Å². The number of nitrogens with zero attached hydrogens (tertiary/aromatic N) is 1. The number of benzene rings is 1. The summed E-state index contributed by atoms with van der Waals surface area (Å²) in [5.41, 5.74) is 2.99. The van der Waals surface area contributed by atoms with Gasteiger partial charge in [0.1, 0.15) is 0 Å². The lowest BCUT2D eigenvalue weighted by atomic mass is 10.1. The van der Waals surface area contributed by atoms with Crippen LogP contribution in [-0.2, 0) is 13.0 Å². The number of aromatic nitrogens is 2. The third kappa shape index (κ3) is 4.12. The average molecular weight is 350 g/mol. The SMILES string of the molecule is Cl.O=C(NCCNC(=O)c1n[nH]c2c1CNCC2)c1ccccc1. The van der Waals surface area contributed by atoms with E-state index >= 15 is 0 Å². The van der Waals surface area contributed by atoms with Gasteiger partial charge in [-0.15, -0.1) is 12.4 Å². The molecule has 1 aromatic carbocycles. The van der Waals surface area contributed by atoms with Crippen LogP contribution in [0, 0.1) is 0 Å². The van der Waals surface area contributed by atoms with Crippen LogP contribution in [0.1, 0.15) is 32.1 Å². The molecule has 1 aliphatic heterocycles. The maximum absolute atomic E-state index is 12.2. The summed E-state index contributed by atoms with van der Waals surface area (Å²) >= 11 is 0. The molecule has 2 aromatic rings. The molecule has 7 nitrogen and oxygen atoms in total. The molecular weight excluding hydrogens is 330 g/mol. The lowest BCUT2D eigenvalue weighted by Gasteiger charge is -2.13. The van der Waals surface area contributed by atoms with Crippen LogP contribution in [0.2, 0.25) is 0 Å². The van der Waals surface area contributed by atoms with Crippen molar-refractivity contribution < 1.29 is 9.59 Å². The van der Waals surface area contributed by atoms with Crippen LogP contribution >= 0.6 is 12.4 Å². The van der Waals surface area contributed by atoms with Gasteiger partial charge >= 0.3 is 0 Å². The number of amides is 2. The molecule has 0 spiro atoms. The van der Waals surface area contributed by atoms with Gasteiger partial charge in [0.25, 0.3) is 11.8 Å². The number of carbonyl (C=O) groups is 2. The van der Waals surface area contributed by atoms with Gasteiger partial charge in [-0.1, -0.05) is 18.2 Å². The molecule has 3 rings (SSSR count). The lowest BCUT2D eigenvalue weighted by Crippen LogP contribution is -2.35. The van der Waals surface area contributed by atoms with E-state index in [0.717, 1.165) is 24.2 Å². The Hall–Kier alpha value is -2.38. The van der Waals surface area contributed by atoms with Crippen LogP contribution in [0.4, 0.5) is 0 Å². The minimum atomic E-state index is -0.222. The summed E-state index contributed by atoms with van der Waals surface area (Å²) in [5, 5.41) is 15.8. The molecule has 0 unspecified atom stereocenters. The number of rotatable bonds is 5. The second kappa shape index (κ2) is 8.47. The Kier molecular flexibility index (Phi) is 6.34. The van der Waals surface area contributed by atoms with Gasteiger partial charge in [0.15, 0.2) is 5.69 Å². The summed E-state index contributed by atoms with van der Waals surface area (Å²) in [7, 11) is 0. The highest BCUT2D eigenvalue weighted by Crippen LogP contribution is 2.14. The van der Waals surface area contributed by atoms with Crippen molar-refractivity contribution in [3.05, 3.63) is 52.8 Å². The third-order valence-corrected chi connectivity index (χ3v) is 3.75. The van der Waals surface area contributed by atoms with Crippen molar-refractivity contribution in [1.29, 1.82) is 0 Å². The van der Waals surface area contributed by atoms with Gasteiger partial charge in [0.05, 0.1) is 0 Å². The van der Waals surface area contributed by atoms with Gasteiger partial charge in [-0.25, -0.2) is 0 Å². The fourth-order valence-corrected chi connectivity index (χ4v) is 2.54. The van der Waals surface area contributed by atoms with Gasteiger partial charge in [-0.2, -0.15) is 5.10 Å². The molecule has 0 aliphatic carbocycles. The monoisotopic (exact) mass is 349 g/mol. The first kappa shape index (κ1) is 18.0. The van der Waals surface area contributed by atoms with Crippen LogP contribution in [0.3, 0.4) is 0 Å². The van der Waals surface area contributed by atoms with Crippen molar-refractivity contribution in [3.8, 4) is 0 Å². The standard InChI is InChI=1S/C16H19N5O2.ClH/c22-15(11-4-2-1-3-5-11)18-8-9-19-16(23)14-12-10-17-7-6-13(12)20-21-14;/h1-5,17H,6-10H2,(H,18,22)(H,19,23)(H,20,21);1H. The highest BCUT2D eigenvalue weighted by Gasteiger charge is 2.21. The number of nitrogens with one attached hydrogen (secondary N) is 4. The Morgan fingerprint density at radius 2 is 1.79 bits per heavy atom. The Bertz CT molecular complexity index is 702. The average Bonchev–Trinajstić information content (AvgIpc) is 3.03. The van der Waals surface area contributed by atoms with E-state index < -0.39 is 0 Å². The van der Waals surface area contributed by atoms with E-state index in [-0.39, 0.29) is 24.2 Å². The smallest absolute Gasteiger partial charge is 0.272 e. The van der Waals surface area contributed by atoms with Gasteiger partial charge in [-0.05, 0) is 12.1 Å². The van der Waals surface area contributed by atoms with Crippen molar-refractivity contribution in [3.63, 3.8) is 0 Å². The Labute approximate surface area is 146 Å². The Morgan fingerprint density at radius 3 is 2.54 bits per heavy atom. The molecule has 0 saturated heterocycles. The van der Waals surface area contributed by atoms with Crippen molar-refractivity contribution in [1.82, 2.24) is 26.1 Å². The number of carbonyl (C=O) groups excluding carboxylic acids is 2. The normalized spacial score (nSPS) is 12.7. The molecule has 8 heteroatoms. The van der Waals surface area contributed by atoms with Crippen LogP contribution < -0.4 is 16.0 Å². The van der Waals surface area contributed by atoms with Crippen molar-refractivity contribution in [2.75, 3.05) is 19.6 Å². The predicted octanol–water partition coefficient (Wildman–Crippen LogP) is 0.637. The molecule has 1 aliphatic rings. The summed E-state index contributed by atoms with van der Waals surface area (Å²) in [4.78, 5) is 24.0. The fraction of sp³-hybridized carbons (Fsp3) is 0.312. The van der Waals surface area contributed by atoms with Gasteiger partial charge in [0.2, 0.25) is 0 Å². The van der Waals surface area contributed by atoms with E-state index in [0.29, 0.717) is 30.9 Å². The minimum Gasteiger partial charge on any atom is -0.350 e. The summed E-state index contributed by atoms with van der Waals surface area (Å²) in [6.45, 7) is 2.26. The van der Waals surface area contributed by atoms with E-state index in [1.807, 2.05) is 18.2 Å². The highest BCUT2D eigenvalue weighted by molar-refractivity contribution is 5.95. The fourth-order valence-electron chi connectivity index (χ4n) is 2.54. The molecule has 0 bridgehead atoms. The second-order valence-electron chi connectivity index (χ2n) is 5.33. The summed E-state index contributed by atoms with van der Waals surface area (Å²) in [6.07, 6.45) is 0.850. The van der Waals surface area contributed by atoms with Crippen LogP contribution in [-0.4, -0.2) is 41.6 Å². The summed E-state index contributed by atoms with van der Waals surface area (Å²) in [6, 6.07) is 8.97. The number of H-pyrrole nitrogens is 1. The maximum Gasteiger partial charge on any atom is 0.272 e. The molecule has 24 heavy (non-hydrogen) atoms. The third-order valence-electron chi connectivity index (χ3n) is 3.75. The molecule has 0 saturated carbocycles. The maximum atomic E-state index is 12.2. The molecular formula is C16H20ClN5O2. The second-order valence-corrected chi connectivity index (χ2v) is 5.33. The number of hydrogen-bond donors (Lipinski definition) is 4. The zero-order chi connectivity index (χ0) is 16.1. The van der Waals surface area contributed by atoms with Crippen LogP contribution in [0.15, 0.2) is 30.3 Å². The lowest BCUT2D eigenvalue weighted by molar-refractivity contribution is 0.0924. The molecule has 0 atom stereocenters. The van der Waals surface area contributed by atoms with Gasteiger partial charge in [0, 0.05) is 49.4 Å². The summed E-state index contributed by atoms with van der Waals surface area (Å²) in [5.74, 6) is -0.374. The predicted molar refractivity (Wildman–Crippen MR) is 92.4 cm³/mol. The number of fused-ring (bicyclic) bond motifs is 1. The minimum absolute atomic E-state index is 0. The quantitative estimate of drug-likeness (QED) is 0.595. The van der Waals surface area contributed by atoms with Crippen LogP contribution in [0.25, 0.3) is 0 Å².